The van der Waals surface area contributed by atoms with Gasteiger partial charge in [-0.3, -0.25) is 14.2 Å². The van der Waals surface area contributed by atoms with Crippen LogP contribution in [0.1, 0.15) is 40.5 Å². The van der Waals surface area contributed by atoms with Crippen LogP contribution in [0.2, 0.25) is 0 Å². The minimum atomic E-state index is -0.0237. The molecule has 1 amide bonds. The van der Waals surface area contributed by atoms with Crippen molar-refractivity contribution in [3.8, 4) is 0 Å². The van der Waals surface area contributed by atoms with E-state index in [9.17, 15) is 9.59 Å². The van der Waals surface area contributed by atoms with Crippen LogP contribution in [0.25, 0.3) is 10.2 Å². The number of hydrogen-bond acceptors (Lipinski definition) is 5. The lowest BCUT2D eigenvalue weighted by molar-refractivity contribution is -0.119. The van der Waals surface area contributed by atoms with Crippen molar-refractivity contribution in [2.24, 2.45) is 5.92 Å². The zero-order chi connectivity index (χ0) is 17.7. The molecule has 2 aromatic heterocycles. The number of nitrogens with zero attached hydrogens (tertiary/aromatic N) is 2. The first kappa shape index (κ1) is 19.0. The van der Waals surface area contributed by atoms with Crippen LogP contribution in [0.4, 0.5) is 0 Å². The van der Waals surface area contributed by atoms with E-state index in [0.717, 1.165) is 18.4 Å². The number of hydrogen-bond donors (Lipinski definition) is 1. The highest BCUT2D eigenvalue weighted by atomic mass is 32.2. The predicted octanol–water partition coefficient (Wildman–Crippen LogP) is 3.51. The summed E-state index contributed by atoms with van der Waals surface area (Å²) in [6.45, 7) is 8.92. The molecule has 0 aromatic carbocycles. The van der Waals surface area contributed by atoms with Gasteiger partial charge in [0.1, 0.15) is 4.70 Å². The van der Waals surface area contributed by atoms with Crippen LogP contribution in [0.5, 0.6) is 0 Å². The van der Waals surface area contributed by atoms with Crippen LogP contribution in [0.3, 0.4) is 0 Å². The maximum atomic E-state index is 12.7. The van der Waals surface area contributed by atoms with E-state index in [1.807, 2.05) is 25.3 Å². The smallest absolute Gasteiger partial charge is 0.272 e. The fourth-order valence-corrected chi connectivity index (χ4v) is 3.78. The van der Waals surface area contributed by atoms with E-state index >= 15 is 0 Å². The first-order valence-corrected chi connectivity index (χ1v) is 10.2. The van der Waals surface area contributed by atoms with Crippen LogP contribution < -0.4 is 10.9 Å². The van der Waals surface area contributed by atoms with Gasteiger partial charge >= 0.3 is 0 Å². The third-order valence-corrected chi connectivity index (χ3v) is 5.68. The summed E-state index contributed by atoms with van der Waals surface area (Å²) in [5.41, 5.74) is 0.719. The molecule has 1 atom stereocenters. The second-order valence-corrected chi connectivity index (χ2v) is 8.19. The van der Waals surface area contributed by atoms with Gasteiger partial charge in [0.25, 0.3) is 5.56 Å². The van der Waals surface area contributed by atoms with Crippen molar-refractivity contribution in [1.82, 2.24) is 14.9 Å². The quantitative estimate of drug-likeness (QED) is 0.573. The SMILES string of the molecule is CCC(C)NC(=O)CSc1nc2ccsc2c(=O)n1CCC(C)C. The number of thioether (sulfide) groups is 1. The Hall–Kier alpha value is -1.34. The van der Waals surface area contributed by atoms with E-state index in [0.29, 0.717) is 22.3 Å². The van der Waals surface area contributed by atoms with Crippen molar-refractivity contribution >= 4 is 39.2 Å². The minimum Gasteiger partial charge on any atom is -0.353 e. The molecule has 0 spiro atoms. The first-order chi connectivity index (χ1) is 11.4. The number of aromatic nitrogens is 2. The van der Waals surface area contributed by atoms with Gasteiger partial charge in [-0.2, -0.15) is 0 Å². The molecule has 0 bridgehead atoms. The number of carbonyl (C=O) groups is 1. The van der Waals surface area contributed by atoms with Crippen molar-refractivity contribution in [3.05, 3.63) is 21.8 Å². The minimum absolute atomic E-state index is 0.000449. The van der Waals surface area contributed by atoms with Gasteiger partial charge in [-0.15, -0.1) is 11.3 Å². The summed E-state index contributed by atoms with van der Waals surface area (Å²) >= 11 is 2.76. The highest BCUT2D eigenvalue weighted by molar-refractivity contribution is 7.99. The summed E-state index contributed by atoms with van der Waals surface area (Å²) in [7, 11) is 0. The molecule has 2 heterocycles. The van der Waals surface area contributed by atoms with E-state index in [1.165, 1.54) is 23.1 Å². The summed E-state index contributed by atoms with van der Waals surface area (Å²) in [4.78, 5) is 29.3. The standard InChI is InChI=1S/C17H25N3O2S2/c1-5-12(4)18-14(21)10-24-17-19-13-7-9-23-15(13)16(22)20(17)8-6-11(2)3/h7,9,11-12H,5-6,8,10H2,1-4H3,(H,18,21). The molecule has 0 saturated carbocycles. The highest BCUT2D eigenvalue weighted by Gasteiger charge is 2.15. The lowest BCUT2D eigenvalue weighted by Gasteiger charge is -2.14. The second-order valence-electron chi connectivity index (χ2n) is 6.33. The molecular formula is C17H25N3O2S2. The molecule has 7 heteroatoms. The number of thiophene rings is 1. The van der Waals surface area contributed by atoms with Gasteiger partial charge in [-0.05, 0) is 37.1 Å². The maximum absolute atomic E-state index is 12.7. The zero-order valence-corrected chi connectivity index (χ0v) is 16.3. The van der Waals surface area contributed by atoms with Gasteiger partial charge in [0.2, 0.25) is 5.91 Å². The van der Waals surface area contributed by atoms with Crippen molar-refractivity contribution in [2.45, 2.75) is 58.3 Å². The summed E-state index contributed by atoms with van der Waals surface area (Å²) in [5.74, 6) is 0.751. The van der Waals surface area contributed by atoms with Crippen molar-refractivity contribution in [2.75, 3.05) is 5.75 Å². The molecule has 0 radical (unpaired) electrons. The Bertz CT molecular complexity index is 752. The lowest BCUT2D eigenvalue weighted by Crippen LogP contribution is -2.33. The van der Waals surface area contributed by atoms with E-state index in [4.69, 9.17) is 0 Å². The molecular weight excluding hydrogens is 342 g/mol. The second kappa shape index (κ2) is 8.67. The normalized spacial score (nSPS) is 12.7. The number of nitrogens with one attached hydrogen (secondary N) is 1. The zero-order valence-electron chi connectivity index (χ0n) is 14.7. The van der Waals surface area contributed by atoms with Gasteiger partial charge < -0.3 is 5.32 Å². The van der Waals surface area contributed by atoms with E-state index in [2.05, 4.69) is 24.1 Å². The molecule has 1 N–H and O–H groups in total. The number of amides is 1. The monoisotopic (exact) mass is 367 g/mol. The fraction of sp³-hybridized carbons (Fsp3) is 0.588. The number of fused-ring (bicyclic) bond motifs is 1. The molecule has 132 valence electrons. The average molecular weight is 368 g/mol. The molecule has 2 aromatic rings. The lowest BCUT2D eigenvalue weighted by atomic mass is 10.1. The Morgan fingerprint density at radius 3 is 2.83 bits per heavy atom. The topological polar surface area (TPSA) is 64.0 Å². The molecule has 24 heavy (non-hydrogen) atoms. The number of rotatable bonds is 8. The Kier molecular flexibility index (Phi) is 6.86. The molecule has 0 aliphatic carbocycles. The highest BCUT2D eigenvalue weighted by Crippen LogP contribution is 2.21. The van der Waals surface area contributed by atoms with Gasteiger partial charge in [0.15, 0.2) is 5.16 Å². The van der Waals surface area contributed by atoms with Crippen LogP contribution in [0, 0.1) is 5.92 Å². The van der Waals surface area contributed by atoms with Gasteiger partial charge in [0.05, 0.1) is 11.3 Å². The molecule has 0 aliphatic rings. The third-order valence-electron chi connectivity index (χ3n) is 3.81. The van der Waals surface area contributed by atoms with Gasteiger partial charge in [-0.25, -0.2) is 4.98 Å². The predicted molar refractivity (Wildman–Crippen MR) is 102 cm³/mol. The van der Waals surface area contributed by atoms with Gasteiger partial charge in [0, 0.05) is 12.6 Å². The van der Waals surface area contributed by atoms with Crippen molar-refractivity contribution in [3.63, 3.8) is 0 Å². The Balaban J connectivity index is 2.21. The molecule has 1 unspecified atom stereocenters. The van der Waals surface area contributed by atoms with E-state index in [1.54, 1.807) is 4.57 Å². The van der Waals surface area contributed by atoms with Crippen LogP contribution in [-0.4, -0.2) is 27.3 Å². The summed E-state index contributed by atoms with van der Waals surface area (Å²) in [5, 5.41) is 5.46. The number of carbonyl (C=O) groups excluding carboxylic acids is 1. The van der Waals surface area contributed by atoms with E-state index < -0.39 is 0 Å². The Labute approximate surface area is 150 Å². The summed E-state index contributed by atoms with van der Waals surface area (Å²) in [6, 6.07) is 2.02. The molecule has 2 rings (SSSR count). The Morgan fingerprint density at radius 1 is 1.42 bits per heavy atom. The summed E-state index contributed by atoms with van der Waals surface area (Å²) < 4.78 is 2.41. The van der Waals surface area contributed by atoms with Crippen LogP contribution >= 0.6 is 23.1 Å². The maximum Gasteiger partial charge on any atom is 0.272 e. The van der Waals surface area contributed by atoms with E-state index in [-0.39, 0.29) is 23.3 Å². The van der Waals surface area contributed by atoms with Crippen LogP contribution in [-0.2, 0) is 11.3 Å². The third kappa shape index (κ3) is 4.83. The van der Waals surface area contributed by atoms with Gasteiger partial charge in [-0.1, -0.05) is 32.5 Å². The van der Waals surface area contributed by atoms with Crippen molar-refractivity contribution < 1.29 is 4.79 Å². The first-order valence-electron chi connectivity index (χ1n) is 8.32. The Morgan fingerprint density at radius 2 is 2.17 bits per heavy atom. The summed E-state index contributed by atoms with van der Waals surface area (Å²) in [6.07, 6.45) is 1.81. The average Bonchev–Trinajstić information content (AvgIpc) is 3.00. The molecule has 0 saturated heterocycles. The largest absolute Gasteiger partial charge is 0.353 e. The molecule has 5 nitrogen and oxygen atoms in total. The van der Waals surface area contributed by atoms with Crippen molar-refractivity contribution in [1.29, 1.82) is 0 Å². The van der Waals surface area contributed by atoms with Crippen LogP contribution in [0.15, 0.2) is 21.4 Å². The molecule has 0 aliphatic heterocycles. The molecule has 0 fully saturated rings. The fourth-order valence-electron chi connectivity index (χ4n) is 2.17.